The number of aryl methyl sites for hydroxylation is 2. The van der Waals surface area contributed by atoms with Gasteiger partial charge in [0.25, 0.3) is 0 Å². The minimum atomic E-state index is 0.898. The topological polar surface area (TPSA) is 7.76 Å². The molecule has 0 saturated carbocycles. The Morgan fingerprint density at radius 2 is 1.04 bits per heavy atom. The van der Waals surface area contributed by atoms with Crippen molar-refractivity contribution in [3.63, 3.8) is 0 Å². The molecule has 2 heterocycles. The SMILES string of the molecule is C(#Cc1cccc(C#CCCC[n+]2ccccc2)c1)CCC[n+]1ccccc1. The van der Waals surface area contributed by atoms with Crippen molar-refractivity contribution < 1.29 is 9.13 Å². The highest BCUT2D eigenvalue weighted by molar-refractivity contribution is 5.43. The quantitative estimate of drug-likeness (QED) is 0.355. The molecule has 0 aliphatic heterocycles. The zero-order chi connectivity index (χ0) is 19.3. The van der Waals surface area contributed by atoms with E-state index in [0.29, 0.717) is 0 Å². The van der Waals surface area contributed by atoms with Crippen LogP contribution in [0.5, 0.6) is 0 Å². The van der Waals surface area contributed by atoms with Gasteiger partial charge in [-0.3, -0.25) is 0 Å². The van der Waals surface area contributed by atoms with E-state index in [1.165, 1.54) is 0 Å². The second-order valence-electron chi connectivity index (χ2n) is 6.62. The van der Waals surface area contributed by atoms with Crippen LogP contribution < -0.4 is 9.13 Å². The maximum absolute atomic E-state index is 3.28. The Balaban J connectivity index is 1.43. The van der Waals surface area contributed by atoms with Gasteiger partial charge in [-0.15, -0.1) is 0 Å². The molecule has 0 fully saturated rings. The molecule has 0 spiro atoms. The van der Waals surface area contributed by atoms with Crippen LogP contribution in [0, 0.1) is 23.7 Å². The molecule has 3 aromatic rings. The molecule has 1 aromatic carbocycles. The highest BCUT2D eigenvalue weighted by Crippen LogP contribution is 2.03. The molecule has 0 radical (unpaired) electrons. The highest BCUT2D eigenvalue weighted by atomic mass is 14.9. The molecule has 0 aliphatic rings. The predicted octanol–water partition coefficient (Wildman–Crippen LogP) is 3.93. The molecule has 3 rings (SSSR count). The first-order chi connectivity index (χ1) is 13.9. The Hall–Kier alpha value is -3.36. The summed E-state index contributed by atoms with van der Waals surface area (Å²) in [6.45, 7) is 2.00. The van der Waals surface area contributed by atoms with Gasteiger partial charge in [0.2, 0.25) is 0 Å². The van der Waals surface area contributed by atoms with Crippen molar-refractivity contribution in [2.75, 3.05) is 0 Å². The predicted molar refractivity (Wildman–Crippen MR) is 112 cm³/mol. The Kier molecular flexibility index (Phi) is 7.88. The van der Waals surface area contributed by atoms with E-state index in [2.05, 4.69) is 100 Å². The molecule has 2 nitrogen and oxygen atoms in total. The first-order valence-electron chi connectivity index (χ1n) is 9.86. The fourth-order valence-corrected chi connectivity index (χ4v) is 2.87. The molecule has 0 bridgehead atoms. The van der Waals surface area contributed by atoms with Crippen LogP contribution in [-0.4, -0.2) is 0 Å². The van der Waals surface area contributed by atoms with Crippen LogP contribution in [0.2, 0.25) is 0 Å². The van der Waals surface area contributed by atoms with E-state index in [1.54, 1.807) is 0 Å². The number of pyridine rings is 2. The van der Waals surface area contributed by atoms with E-state index >= 15 is 0 Å². The summed E-state index contributed by atoms with van der Waals surface area (Å²) in [6.07, 6.45) is 12.3. The zero-order valence-corrected chi connectivity index (χ0v) is 16.2. The molecule has 0 N–H and O–H groups in total. The first-order valence-corrected chi connectivity index (χ1v) is 9.86. The number of hydrogen-bond acceptors (Lipinski definition) is 0. The summed E-state index contributed by atoms with van der Waals surface area (Å²) in [5.41, 5.74) is 2.08. The summed E-state index contributed by atoms with van der Waals surface area (Å²) < 4.78 is 4.38. The van der Waals surface area contributed by atoms with Crippen LogP contribution >= 0.6 is 0 Å². The number of aromatic nitrogens is 2. The smallest absolute Gasteiger partial charge is 0.168 e. The lowest BCUT2D eigenvalue weighted by Gasteiger charge is -1.94. The zero-order valence-electron chi connectivity index (χ0n) is 16.2. The highest BCUT2D eigenvalue weighted by Gasteiger charge is 1.97. The molecule has 0 amide bonds. The van der Waals surface area contributed by atoms with E-state index in [0.717, 1.165) is 49.9 Å². The third kappa shape index (κ3) is 7.10. The van der Waals surface area contributed by atoms with Gasteiger partial charge in [-0.25, -0.2) is 9.13 Å². The molecule has 0 aliphatic carbocycles. The van der Waals surface area contributed by atoms with Crippen LogP contribution in [-0.2, 0) is 13.1 Å². The second-order valence-corrected chi connectivity index (χ2v) is 6.62. The van der Waals surface area contributed by atoms with Crippen molar-refractivity contribution in [1.82, 2.24) is 0 Å². The average molecular weight is 367 g/mol. The molecular weight excluding hydrogens is 340 g/mol. The Labute approximate surface area is 168 Å². The summed E-state index contributed by atoms with van der Waals surface area (Å²) in [7, 11) is 0. The van der Waals surface area contributed by atoms with Crippen LogP contribution in [0.3, 0.4) is 0 Å². The summed E-state index contributed by atoms with van der Waals surface area (Å²) >= 11 is 0. The van der Waals surface area contributed by atoms with E-state index in [4.69, 9.17) is 0 Å². The number of unbranched alkanes of at least 4 members (excludes halogenated alkanes) is 2. The van der Waals surface area contributed by atoms with Gasteiger partial charge in [0.05, 0.1) is 0 Å². The molecule has 2 aromatic heterocycles. The van der Waals surface area contributed by atoms with Gasteiger partial charge in [-0.05, 0) is 18.2 Å². The molecule has 138 valence electrons. The van der Waals surface area contributed by atoms with E-state index < -0.39 is 0 Å². The molecule has 28 heavy (non-hydrogen) atoms. The van der Waals surface area contributed by atoms with Crippen molar-refractivity contribution in [3.05, 3.63) is 96.6 Å². The Morgan fingerprint density at radius 1 is 0.571 bits per heavy atom. The first kappa shape index (κ1) is 19.4. The van der Waals surface area contributed by atoms with Crippen LogP contribution in [0.4, 0.5) is 0 Å². The van der Waals surface area contributed by atoms with Crippen LogP contribution in [0.1, 0.15) is 36.8 Å². The minimum absolute atomic E-state index is 0.898. The van der Waals surface area contributed by atoms with Crippen LogP contribution in [0.15, 0.2) is 85.5 Å². The van der Waals surface area contributed by atoms with Crippen molar-refractivity contribution in [3.8, 4) is 23.7 Å². The Morgan fingerprint density at radius 3 is 1.50 bits per heavy atom. The van der Waals surface area contributed by atoms with Crippen LogP contribution in [0.25, 0.3) is 0 Å². The third-order valence-corrected chi connectivity index (χ3v) is 4.32. The average Bonchev–Trinajstić information content (AvgIpc) is 2.75. The van der Waals surface area contributed by atoms with Gasteiger partial charge in [-0.2, -0.15) is 0 Å². The lowest BCUT2D eigenvalue weighted by atomic mass is 10.1. The summed E-state index contributed by atoms with van der Waals surface area (Å²) in [5.74, 6) is 13.1. The molecule has 0 saturated heterocycles. The monoisotopic (exact) mass is 366 g/mol. The number of benzene rings is 1. The van der Waals surface area contributed by atoms with Crippen molar-refractivity contribution in [2.24, 2.45) is 0 Å². The largest absolute Gasteiger partial charge is 0.205 e. The maximum Gasteiger partial charge on any atom is 0.168 e. The Bertz CT molecular complexity index is 892. The summed E-state index contributed by atoms with van der Waals surface area (Å²) in [6, 6.07) is 20.5. The minimum Gasteiger partial charge on any atom is -0.205 e. The van der Waals surface area contributed by atoms with E-state index in [-0.39, 0.29) is 0 Å². The van der Waals surface area contributed by atoms with E-state index in [9.17, 15) is 0 Å². The maximum atomic E-state index is 3.28. The summed E-state index contributed by atoms with van der Waals surface area (Å²) in [4.78, 5) is 0. The number of hydrogen-bond donors (Lipinski definition) is 0. The van der Waals surface area contributed by atoms with Gasteiger partial charge in [0, 0.05) is 61.1 Å². The van der Waals surface area contributed by atoms with Crippen molar-refractivity contribution in [2.45, 2.75) is 38.8 Å². The van der Waals surface area contributed by atoms with Gasteiger partial charge >= 0.3 is 0 Å². The van der Waals surface area contributed by atoms with Gasteiger partial charge in [-0.1, -0.05) is 41.9 Å². The molecular formula is C26H26N2+2. The fourth-order valence-electron chi connectivity index (χ4n) is 2.87. The standard InChI is InChI=1S/C26H26N2/c1(7-18-27-20-9-3-10-21-27)5-14-25-16-13-17-26(24-25)15-6-2-8-19-28-22-11-4-12-23-28/h3-4,9-13,16-17,20-24H,1-2,7-8,18-19H2/q+2. The van der Waals surface area contributed by atoms with Gasteiger partial charge < -0.3 is 0 Å². The van der Waals surface area contributed by atoms with Crippen molar-refractivity contribution in [1.29, 1.82) is 0 Å². The molecule has 2 heteroatoms. The fraction of sp³-hybridized carbons (Fsp3) is 0.231. The van der Waals surface area contributed by atoms with Gasteiger partial charge in [0.1, 0.15) is 13.1 Å². The summed E-state index contributed by atoms with van der Waals surface area (Å²) in [5, 5.41) is 0. The lowest BCUT2D eigenvalue weighted by molar-refractivity contribution is -0.697. The molecule has 0 unspecified atom stereocenters. The third-order valence-electron chi connectivity index (χ3n) is 4.32. The van der Waals surface area contributed by atoms with Crippen molar-refractivity contribution >= 4 is 0 Å². The lowest BCUT2D eigenvalue weighted by Crippen LogP contribution is -2.31. The number of nitrogens with zero attached hydrogens (tertiary/aromatic N) is 2. The second kappa shape index (κ2) is 11.4. The van der Waals surface area contributed by atoms with E-state index in [1.807, 2.05) is 18.2 Å². The normalized spacial score (nSPS) is 9.71. The van der Waals surface area contributed by atoms with Gasteiger partial charge in [0.15, 0.2) is 24.8 Å². The molecule has 0 atom stereocenters. The number of rotatable bonds is 6.